The van der Waals surface area contributed by atoms with Gasteiger partial charge in [-0.05, 0) is 79.5 Å². The molecule has 2 fully saturated rings. The normalized spacial score (nSPS) is 33.3. The Balaban J connectivity index is 1.32. The second-order valence-electron chi connectivity index (χ2n) is 10.3. The standard InChI is InChI=1S/C28H31NO3/c1-27-14-12-22-21-11-9-20(31-2)16-19(21)8-10-23(22)24(27)13-15-28(27,30)26-17-25(29-32-26)18-6-4-3-5-7-18/h3-7,9,11,16-17,22-24,30H,8,10,12-15H2,1-2H3/t22-,23-,24+,27+,28-/m1/s1. The first kappa shape index (κ1) is 20.0. The third kappa shape index (κ3) is 2.75. The van der Waals surface area contributed by atoms with Crippen molar-refractivity contribution in [3.63, 3.8) is 0 Å². The van der Waals surface area contributed by atoms with Gasteiger partial charge >= 0.3 is 0 Å². The minimum Gasteiger partial charge on any atom is -0.497 e. The first-order chi connectivity index (χ1) is 15.5. The van der Waals surface area contributed by atoms with Gasteiger partial charge in [0.15, 0.2) is 5.76 Å². The Bertz CT molecular complexity index is 1140. The molecule has 1 N–H and O–H groups in total. The van der Waals surface area contributed by atoms with Crippen LogP contribution in [0.3, 0.4) is 0 Å². The fourth-order valence-corrected chi connectivity index (χ4v) is 7.32. The number of methoxy groups -OCH3 is 1. The largest absolute Gasteiger partial charge is 0.497 e. The SMILES string of the molecule is COc1ccc2c(c1)CC[C@@H]1[C@@H]2CC[C@@]2(C)[C@H]1CC[C@@]2(O)c1cc(-c2ccccc2)no1. The minimum absolute atomic E-state index is 0.189. The number of rotatable bonds is 3. The second kappa shape index (κ2) is 7.21. The van der Waals surface area contributed by atoms with E-state index in [0.717, 1.165) is 49.1 Å². The van der Waals surface area contributed by atoms with Gasteiger partial charge in [-0.25, -0.2) is 0 Å². The molecular formula is C28H31NO3. The monoisotopic (exact) mass is 429 g/mol. The van der Waals surface area contributed by atoms with Crippen LogP contribution in [0.15, 0.2) is 59.1 Å². The number of aryl methyl sites for hydroxylation is 1. The molecule has 3 aromatic rings. The van der Waals surface area contributed by atoms with Crippen molar-refractivity contribution in [3.05, 3.63) is 71.5 Å². The number of aliphatic hydroxyl groups is 1. The summed E-state index contributed by atoms with van der Waals surface area (Å²) in [5, 5.41) is 16.4. The highest BCUT2D eigenvalue weighted by Gasteiger charge is 2.63. The second-order valence-corrected chi connectivity index (χ2v) is 10.3. The molecule has 0 amide bonds. The Kier molecular flexibility index (Phi) is 4.52. The zero-order valence-corrected chi connectivity index (χ0v) is 18.9. The molecule has 0 spiro atoms. The van der Waals surface area contributed by atoms with Crippen molar-refractivity contribution in [2.45, 2.75) is 57.0 Å². The van der Waals surface area contributed by atoms with E-state index in [1.165, 1.54) is 17.5 Å². The van der Waals surface area contributed by atoms with Crippen molar-refractivity contribution in [2.75, 3.05) is 7.11 Å². The predicted molar refractivity (Wildman–Crippen MR) is 123 cm³/mol. The molecular weight excluding hydrogens is 398 g/mol. The van der Waals surface area contributed by atoms with E-state index in [0.29, 0.717) is 23.5 Å². The van der Waals surface area contributed by atoms with Gasteiger partial charge in [-0.3, -0.25) is 0 Å². The van der Waals surface area contributed by atoms with Crippen LogP contribution in [0.2, 0.25) is 0 Å². The van der Waals surface area contributed by atoms with Crippen LogP contribution in [0.1, 0.15) is 61.8 Å². The van der Waals surface area contributed by atoms with Crippen LogP contribution < -0.4 is 4.74 Å². The van der Waals surface area contributed by atoms with Gasteiger partial charge in [0.2, 0.25) is 0 Å². The van der Waals surface area contributed by atoms with E-state index in [2.05, 4.69) is 30.3 Å². The van der Waals surface area contributed by atoms with Crippen molar-refractivity contribution >= 4 is 0 Å². The summed E-state index contributed by atoms with van der Waals surface area (Å²) in [5.41, 5.74) is 3.63. The molecule has 3 aliphatic rings. The molecule has 1 aromatic heterocycles. The Morgan fingerprint density at radius 3 is 2.69 bits per heavy atom. The third-order valence-corrected chi connectivity index (χ3v) is 9.07. The summed E-state index contributed by atoms with van der Waals surface area (Å²) in [6, 6.07) is 18.7. The smallest absolute Gasteiger partial charge is 0.169 e. The quantitative estimate of drug-likeness (QED) is 0.547. The summed E-state index contributed by atoms with van der Waals surface area (Å²) in [7, 11) is 1.74. The van der Waals surface area contributed by atoms with Gasteiger partial charge in [-0.2, -0.15) is 0 Å². The van der Waals surface area contributed by atoms with Crippen LogP contribution in [0.25, 0.3) is 11.3 Å². The van der Waals surface area contributed by atoms with E-state index in [9.17, 15) is 5.11 Å². The first-order valence-corrected chi connectivity index (χ1v) is 12.0. The van der Waals surface area contributed by atoms with Crippen LogP contribution in [-0.2, 0) is 12.0 Å². The lowest BCUT2D eigenvalue weighted by molar-refractivity contribution is -0.122. The van der Waals surface area contributed by atoms with E-state index < -0.39 is 5.60 Å². The van der Waals surface area contributed by atoms with Crippen molar-refractivity contribution in [1.82, 2.24) is 5.16 Å². The average Bonchev–Trinajstić information content (AvgIpc) is 3.43. The molecule has 0 radical (unpaired) electrons. The summed E-state index contributed by atoms with van der Waals surface area (Å²) in [6.45, 7) is 2.30. The van der Waals surface area contributed by atoms with Crippen LogP contribution >= 0.6 is 0 Å². The highest BCUT2D eigenvalue weighted by molar-refractivity contribution is 5.59. The number of hydrogen-bond donors (Lipinski definition) is 1. The van der Waals surface area contributed by atoms with Crippen molar-refractivity contribution in [2.24, 2.45) is 17.3 Å². The number of aromatic nitrogens is 1. The maximum atomic E-state index is 12.1. The van der Waals surface area contributed by atoms with Gasteiger partial charge in [0.25, 0.3) is 0 Å². The molecule has 5 atom stereocenters. The molecule has 166 valence electrons. The molecule has 0 unspecified atom stereocenters. The molecule has 3 aliphatic carbocycles. The fourth-order valence-electron chi connectivity index (χ4n) is 7.32. The summed E-state index contributed by atoms with van der Waals surface area (Å²) < 4.78 is 11.3. The predicted octanol–water partition coefficient (Wildman–Crippen LogP) is 6.09. The van der Waals surface area contributed by atoms with E-state index >= 15 is 0 Å². The highest BCUT2D eigenvalue weighted by Crippen LogP contribution is 2.67. The van der Waals surface area contributed by atoms with E-state index in [4.69, 9.17) is 9.26 Å². The molecule has 1 heterocycles. The Morgan fingerprint density at radius 2 is 1.88 bits per heavy atom. The first-order valence-electron chi connectivity index (χ1n) is 12.0. The van der Waals surface area contributed by atoms with Gasteiger partial charge in [-0.15, -0.1) is 0 Å². The van der Waals surface area contributed by atoms with Crippen LogP contribution in [0.5, 0.6) is 5.75 Å². The third-order valence-electron chi connectivity index (χ3n) is 9.07. The van der Waals surface area contributed by atoms with Gasteiger partial charge < -0.3 is 14.4 Å². The summed E-state index contributed by atoms with van der Waals surface area (Å²) in [4.78, 5) is 0. The van der Waals surface area contributed by atoms with E-state index in [1.54, 1.807) is 7.11 Å². The zero-order chi connectivity index (χ0) is 21.9. The van der Waals surface area contributed by atoms with Gasteiger partial charge in [-0.1, -0.05) is 48.5 Å². The van der Waals surface area contributed by atoms with Crippen molar-refractivity contribution < 1.29 is 14.4 Å². The average molecular weight is 430 g/mol. The Hall–Kier alpha value is -2.59. The summed E-state index contributed by atoms with van der Waals surface area (Å²) in [6.07, 6.45) is 6.18. The maximum Gasteiger partial charge on any atom is 0.169 e. The van der Waals surface area contributed by atoms with Gasteiger partial charge in [0.05, 0.1) is 7.11 Å². The van der Waals surface area contributed by atoms with Gasteiger partial charge in [0, 0.05) is 17.0 Å². The number of hydrogen-bond acceptors (Lipinski definition) is 4. The van der Waals surface area contributed by atoms with Crippen molar-refractivity contribution in [3.8, 4) is 17.0 Å². The van der Waals surface area contributed by atoms with Crippen LogP contribution in [0, 0.1) is 17.3 Å². The maximum absolute atomic E-state index is 12.1. The number of nitrogens with zero attached hydrogens (tertiary/aromatic N) is 1. The molecule has 2 saturated carbocycles. The Labute approximate surface area is 189 Å². The number of fused-ring (bicyclic) bond motifs is 5. The highest BCUT2D eigenvalue weighted by atomic mass is 16.5. The minimum atomic E-state index is -0.956. The fraction of sp³-hybridized carbons (Fsp3) is 0.464. The Morgan fingerprint density at radius 1 is 1.03 bits per heavy atom. The van der Waals surface area contributed by atoms with Crippen LogP contribution in [-0.4, -0.2) is 17.4 Å². The molecule has 32 heavy (non-hydrogen) atoms. The molecule has 0 aliphatic heterocycles. The molecule has 0 saturated heterocycles. The number of ether oxygens (including phenoxy) is 1. The summed E-state index contributed by atoms with van der Waals surface area (Å²) >= 11 is 0. The molecule has 0 bridgehead atoms. The number of benzene rings is 2. The molecule has 4 nitrogen and oxygen atoms in total. The lowest BCUT2D eigenvalue weighted by Crippen LogP contribution is -2.49. The molecule has 2 aromatic carbocycles. The zero-order valence-electron chi connectivity index (χ0n) is 18.9. The van der Waals surface area contributed by atoms with E-state index in [-0.39, 0.29) is 5.41 Å². The lowest BCUT2D eigenvalue weighted by atomic mass is 9.53. The molecule has 4 heteroatoms. The van der Waals surface area contributed by atoms with Crippen molar-refractivity contribution in [1.29, 1.82) is 0 Å². The van der Waals surface area contributed by atoms with Gasteiger partial charge in [0.1, 0.15) is 17.0 Å². The summed E-state index contributed by atoms with van der Waals surface area (Å²) in [5.74, 6) is 3.28. The lowest BCUT2D eigenvalue weighted by Gasteiger charge is -2.52. The topological polar surface area (TPSA) is 55.5 Å². The van der Waals surface area contributed by atoms with Crippen LogP contribution in [0.4, 0.5) is 0 Å². The molecule has 6 rings (SSSR count). The van der Waals surface area contributed by atoms with E-state index in [1.807, 2.05) is 36.4 Å².